The average Bonchev–Trinajstić information content (AvgIpc) is 3.29. The number of pyridine rings is 2. The molecule has 0 unspecified atom stereocenters. The molecule has 168 valence electrons. The van der Waals surface area contributed by atoms with Crippen LogP contribution in [-0.4, -0.2) is 54.2 Å². The minimum atomic E-state index is -0.843. The largest absolute Gasteiger partial charge is 0.391 e. The standard InChI is InChI=1S/C20H24FN9O2/c1-10-15(30-25-5-6-26-30)7-11(9-24-10)27-19-12(18(23)32)8-13(21)20(29-19)28-14-3-2-4-16(31)17(14)22/h5-9,14,16-17,31H,2-4,22H2,1H3,(H2,23,32)(H2,27,28,29)/t14-,16-,17-/m1/s1. The van der Waals surface area contributed by atoms with E-state index < -0.39 is 23.9 Å². The highest BCUT2D eigenvalue weighted by Crippen LogP contribution is 2.27. The van der Waals surface area contributed by atoms with E-state index in [9.17, 15) is 14.3 Å². The smallest absolute Gasteiger partial charge is 0.252 e. The van der Waals surface area contributed by atoms with Gasteiger partial charge in [0.05, 0.1) is 47.7 Å². The van der Waals surface area contributed by atoms with Crippen molar-refractivity contribution < 1.29 is 14.3 Å². The molecule has 0 radical (unpaired) electrons. The van der Waals surface area contributed by atoms with Crippen LogP contribution < -0.4 is 22.1 Å². The topological polar surface area (TPSA) is 170 Å². The lowest BCUT2D eigenvalue weighted by Gasteiger charge is -2.33. The van der Waals surface area contributed by atoms with Crippen LogP contribution in [0.4, 0.5) is 21.7 Å². The van der Waals surface area contributed by atoms with Crippen LogP contribution in [0.2, 0.25) is 0 Å². The summed E-state index contributed by atoms with van der Waals surface area (Å²) in [6, 6.07) is 1.80. The Labute approximate surface area is 183 Å². The maximum Gasteiger partial charge on any atom is 0.252 e. The van der Waals surface area contributed by atoms with Gasteiger partial charge in [0, 0.05) is 6.04 Å². The molecule has 32 heavy (non-hydrogen) atoms. The molecule has 3 atom stereocenters. The molecule has 0 bridgehead atoms. The predicted octanol–water partition coefficient (Wildman–Crippen LogP) is 1.000. The normalized spacial score (nSPS) is 20.7. The van der Waals surface area contributed by atoms with Gasteiger partial charge in [-0.25, -0.2) is 9.37 Å². The first-order chi connectivity index (χ1) is 15.3. The van der Waals surface area contributed by atoms with Gasteiger partial charge in [-0.3, -0.25) is 9.78 Å². The van der Waals surface area contributed by atoms with E-state index in [1.807, 2.05) is 0 Å². The minimum Gasteiger partial charge on any atom is -0.391 e. The van der Waals surface area contributed by atoms with Crippen molar-refractivity contribution in [3.8, 4) is 5.69 Å². The Morgan fingerprint density at radius 2 is 2.00 bits per heavy atom. The van der Waals surface area contributed by atoms with Crippen LogP contribution in [0.25, 0.3) is 5.69 Å². The Balaban J connectivity index is 1.66. The SMILES string of the molecule is Cc1ncc(Nc2nc(N[C@@H]3CCC[C@@H](O)[C@@H]3N)c(F)cc2C(N)=O)cc1-n1nccn1. The van der Waals surface area contributed by atoms with Gasteiger partial charge in [0.2, 0.25) is 0 Å². The molecule has 0 aromatic carbocycles. The van der Waals surface area contributed by atoms with E-state index in [1.54, 1.807) is 19.2 Å². The lowest BCUT2D eigenvalue weighted by atomic mass is 9.88. The third kappa shape index (κ3) is 4.36. The number of nitrogens with zero attached hydrogens (tertiary/aromatic N) is 5. The fourth-order valence-corrected chi connectivity index (χ4v) is 3.69. The summed E-state index contributed by atoms with van der Waals surface area (Å²) in [4.78, 5) is 21.9. The summed E-state index contributed by atoms with van der Waals surface area (Å²) < 4.78 is 14.7. The Bertz CT molecular complexity index is 1120. The first-order valence-corrected chi connectivity index (χ1v) is 10.1. The second kappa shape index (κ2) is 8.85. The Morgan fingerprint density at radius 3 is 2.72 bits per heavy atom. The van der Waals surface area contributed by atoms with Crippen LogP contribution in [-0.2, 0) is 0 Å². The summed E-state index contributed by atoms with van der Waals surface area (Å²) in [5, 5.41) is 24.2. The van der Waals surface area contributed by atoms with E-state index in [-0.39, 0.29) is 23.2 Å². The third-order valence-electron chi connectivity index (χ3n) is 5.44. The molecule has 0 saturated heterocycles. The number of primary amides is 1. The lowest BCUT2D eigenvalue weighted by Crippen LogP contribution is -2.51. The van der Waals surface area contributed by atoms with E-state index in [1.165, 1.54) is 17.2 Å². The fourth-order valence-electron chi connectivity index (χ4n) is 3.69. The van der Waals surface area contributed by atoms with Crippen LogP contribution in [0.15, 0.2) is 30.7 Å². The van der Waals surface area contributed by atoms with Gasteiger partial charge in [0.25, 0.3) is 5.91 Å². The highest BCUT2D eigenvalue weighted by atomic mass is 19.1. The average molecular weight is 441 g/mol. The van der Waals surface area contributed by atoms with Crippen molar-refractivity contribution in [3.63, 3.8) is 0 Å². The van der Waals surface area contributed by atoms with E-state index >= 15 is 0 Å². The maximum absolute atomic E-state index is 14.7. The van der Waals surface area contributed by atoms with Gasteiger partial charge in [0.1, 0.15) is 11.5 Å². The summed E-state index contributed by atoms with van der Waals surface area (Å²) in [5.74, 6) is -1.64. The third-order valence-corrected chi connectivity index (χ3v) is 5.44. The molecular weight excluding hydrogens is 417 g/mol. The van der Waals surface area contributed by atoms with Gasteiger partial charge in [0.15, 0.2) is 11.6 Å². The number of hydrogen-bond acceptors (Lipinski definition) is 9. The summed E-state index contributed by atoms with van der Waals surface area (Å²) in [7, 11) is 0. The Morgan fingerprint density at radius 1 is 1.25 bits per heavy atom. The highest BCUT2D eigenvalue weighted by Gasteiger charge is 2.30. The number of carbonyl (C=O) groups is 1. The summed E-state index contributed by atoms with van der Waals surface area (Å²) in [6.07, 6.45) is 5.93. The highest BCUT2D eigenvalue weighted by molar-refractivity contribution is 5.98. The molecule has 4 rings (SSSR count). The molecule has 0 spiro atoms. The number of amides is 1. The number of hydrogen-bond donors (Lipinski definition) is 5. The van der Waals surface area contributed by atoms with Gasteiger partial charge in [-0.05, 0) is 38.3 Å². The molecular formula is C20H24FN9O2. The second-order valence-electron chi connectivity index (χ2n) is 7.68. The zero-order valence-electron chi connectivity index (χ0n) is 17.4. The number of aryl methyl sites for hydroxylation is 1. The number of carbonyl (C=O) groups excluding carboxylic acids is 1. The molecule has 3 aromatic heterocycles. The van der Waals surface area contributed by atoms with Crippen molar-refractivity contribution in [1.82, 2.24) is 25.0 Å². The number of anilines is 3. The molecule has 11 nitrogen and oxygen atoms in total. The van der Waals surface area contributed by atoms with Gasteiger partial charge >= 0.3 is 0 Å². The molecule has 3 heterocycles. The summed E-state index contributed by atoms with van der Waals surface area (Å²) >= 11 is 0. The summed E-state index contributed by atoms with van der Waals surface area (Å²) in [5.41, 5.74) is 13.2. The van der Waals surface area contributed by atoms with Crippen LogP contribution in [0.5, 0.6) is 0 Å². The second-order valence-corrected chi connectivity index (χ2v) is 7.68. The number of aromatic nitrogens is 5. The number of rotatable bonds is 6. The minimum absolute atomic E-state index is 0.0522. The monoisotopic (exact) mass is 441 g/mol. The molecule has 0 aliphatic heterocycles. The molecule has 1 fully saturated rings. The molecule has 3 aromatic rings. The predicted molar refractivity (Wildman–Crippen MR) is 115 cm³/mol. The van der Waals surface area contributed by atoms with E-state index in [0.717, 1.165) is 12.5 Å². The molecule has 1 saturated carbocycles. The molecule has 7 N–H and O–H groups in total. The van der Waals surface area contributed by atoms with E-state index in [0.29, 0.717) is 29.9 Å². The van der Waals surface area contributed by atoms with Crippen molar-refractivity contribution in [2.75, 3.05) is 10.6 Å². The first kappa shape index (κ1) is 21.6. The van der Waals surface area contributed by atoms with Gasteiger partial charge in [-0.1, -0.05) is 0 Å². The number of aliphatic hydroxyl groups excluding tert-OH is 1. The Kier molecular flexibility index (Phi) is 5.97. The maximum atomic E-state index is 14.7. The number of halogens is 1. The molecule has 1 amide bonds. The van der Waals surface area contributed by atoms with Crippen molar-refractivity contribution in [1.29, 1.82) is 0 Å². The first-order valence-electron chi connectivity index (χ1n) is 10.1. The summed E-state index contributed by atoms with van der Waals surface area (Å²) in [6.45, 7) is 1.80. The van der Waals surface area contributed by atoms with Crippen molar-refractivity contribution in [2.45, 2.75) is 44.4 Å². The van der Waals surface area contributed by atoms with Crippen LogP contribution in [0, 0.1) is 12.7 Å². The van der Waals surface area contributed by atoms with Gasteiger partial charge in [-0.15, -0.1) is 4.80 Å². The van der Waals surface area contributed by atoms with Gasteiger partial charge in [-0.2, -0.15) is 10.2 Å². The van der Waals surface area contributed by atoms with Crippen LogP contribution >= 0.6 is 0 Å². The molecule has 1 aliphatic rings. The number of nitrogens with one attached hydrogen (secondary N) is 2. The zero-order chi connectivity index (χ0) is 22.8. The van der Waals surface area contributed by atoms with Crippen LogP contribution in [0.3, 0.4) is 0 Å². The van der Waals surface area contributed by atoms with Crippen molar-refractivity contribution >= 4 is 23.2 Å². The van der Waals surface area contributed by atoms with Crippen LogP contribution in [0.1, 0.15) is 35.3 Å². The molecule has 1 aliphatic carbocycles. The van der Waals surface area contributed by atoms with Gasteiger partial charge < -0.3 is 27.2 Å². The number of aliphatic hydroxyl groups is 1. The van der Waals surface area contributed by atoms with E-state index in [2.05, 4.69) is 30.8 Å². The zero-order valence-corrected chi connectivity index (χ0v) is 17.4. The molecule has 12 heteroatoms. The Hall–Kier alpha value is -3.64. The van der Waals surface area contributed by atoms with E-state index in [4.69, 9.17) is 11.5 Å². The fraction of sp³-hybridized carbons (Fsp3) is 0.350. The number of nitrogens with two attached hydrogens (primary N) is 2. The quantitative estimate of drug-likeness (QED) is 0.374. The van der Waals surface area contributed by atoms with Crippen molar-refractivity contribution in [3.05, 3.63) is 47.8 Å². The van der Waals surface area contributed by atoms with Crippen molar-refractivity contribution in [2.24, 2.45) is 11.5 Å². The lowest BCUT2D eigenvalue weighted by molar-refractivity contribution is 0.1000.